The zero-order valence-electron chi connectivity index (χ0n) is 8.00. The van der Waals surface area contributed by atoms with Crippen molar-refractivity contribution in [2.45, 2.75) is 19.4 Å². The van der Waals surface area contributed by atoms with Gasteiger partial charge in [-0.25, -0.2) is 4.98 Å². The van der Waals surface area contributed by atoms with Crippen molar-refractivity contribution in [2.75, 3.05) is 0 Å². The lowest BCUT2D eigenvalue weighted by Gasteiger charge is -2.01. The summed E-state index contributed by atoms with van der Waals surface area (Å²) in [6, 6.07) is 4.13. The summed E-state index contributed by atoms with van der Waals surface area (Å²) in [5.74, 6) is 0. The predicted molar refractivity (Wildman–Crippen MR) is 54.8 cm³/mol. The molecule has 2 rings (SSSR count). The minimum Gasteiger partial charge on any atom is -0.337 e. The van der Waals surface area contributed by atoms with Crippen molar-refractivity contribution in [2.24, 2.45) is 0 Å². The van der Waals surface area contributed by atoms with Crippen LogP contribution in [0, 0.1) is 0 Å². The number of pyridine rings is 1. The molecule has 0 saturated carbocycles. The predicted octanol–water partition coefficient (Wildman–Crippen LogP) is 1.91. The van der Waals surface area contributed by atoms with Crippen LogP contribution in [-0.2, 0) is 13.0 Å². The highest BCUT2D eigenvalue weighted by molar-refractivity contribution is 5.09. The molecule has 0 N–H and O–H groups in total. The SMILES string of the molecule is c1cc(CCCn2ccnc2)ccn1. The Hall–Kier alpha value is -1.64. The number of hydrogen-bond donors (Lipinski definition) is 0. The van der Waals surface area contributed by atoms with E-state index < -0.39 is 0 Å². The maximum Gasteiger partial charge on any atom is 0.0945 e. The summed E-state index contributed by atoms with van der Waals surface area (Å²) >= 11 is 0. The van der Waals surface area contributed by atoms with E-state index in [1.165, 1.54) is 5.56 Å². The van der Waals surface area contributed by atoms with Gasteiger partial charge in [0.05, 0.1) is 6.33 Å². The van der Waals surface area contributed by atoms with Gasteiger partial charge < -0.3 is 4.57 Å². The van der Waals surface area contributed by atoms with E-state index in [-0.39, 0.29) is 0 Å². The maximum absolute atomic E-state index is 4.00. The van der Waals surface area contributed by atoms with Gasteiger partial charge in [0.15, 0.2) is 0 Å². The lowest BCUT2D eigenvalue weighted by molar-refractivity contribution is 0.641. The van der Waals surface area contributed by atoms with Crippen LogP contribution in [0.3, 0.4) is 0 Å². The third-order valence-corrected chi connectivity index (χ3v) is 2.19. The van der Waals surface area contributed by atoms with Crippen LogP contribution in [0.4, 0.5) is 0 Å². The largest absolute Gasteiger partial charge is 0.337 e. The van der Waals surface area contributed by atoms with Gasteiger partial charge in [-0.1, -0.05) is 0 Å². The van der Waals surface area contributed by atoms with Gasteiger partial charge in [-0.15, -0.1) is 0 Å². The molecule has 0 spiro atoms. The number of aromatic nitrogens is 3. The molecule has 2 heterocycles. The van der Waals surface area contributed by atoms with Gasteiger partial charge in [0.25, 0.3) is 0 Å². The van der Waals surface area contributed by atoms with Crippen molar-refractivity contribution < 1.29 is 0 Å². The molecule has 14 heavy (non-hydrogen) atoms. The average Bonchev–Trinajstić information content (AvgIpc) is 2.72. The van der Waals surface area contributed by atoms with Crippen LogP contribution in [-0.4, -0.2) is 14.5 Å². The number of nitrogens with zero attached hydrogens (tertiary/aromatic N) is 3. The third kappa shape index (κ3) is 2.42. The van der Waals surface area contributed by atoms with Gasteiger partial charge in [-0.2, -0.15) is 0 Å². The molecule has 0 bridgehead atoms. The molecule has 0 aliphatic carbocycles. The third-order valence-electron chi connectivity index (χ3n) is 2.19. The summed E-state index contributed by atoms with van der Waals surface area (Å²) in [6.07, 6.45) is 11.6. The molecule has 72 valence electrons. The van der Waals surface area contributed by atoms with Crippen LogP contribution in [0.15, 0.2) is 43.2 Å². The van der Waals surface area contributed by atoms with E-state index in [0.717, 1.165) is 19.4 Å². The van der Waals surface area contributed by atoms with Gasteiger partial charge in [0.1, 0.15) is 0 Å². The molecule has 0 unspecified atom stereocenters. The first-order chi connectivity index (χ1) is 6.95. The second kappa shape index (κ2) is 4.56. The smallest absolute Gasteiger partial charge is 0.0945 e. The lowest BCUT2D eigenvalue weighted by Crippen LogP contribution is -1.96. The Bertz CT molecular complexity index is 353. The van der Waals surface area contributed by atoms with E-state index in [4.69, 9.17) is 0 Å². The Kier molecular flexibility index (Phi) is 2.91. The summed E-state index contributed by atoms with van der Waals surface area (Å²) in [7, 11) is 0. The molecular formula is C11H13N3. The van der Waals surface area contributed by atoms with E-state index in [2.05, 4.69) is 26.7 Å². The molecule has 0 aromatic carbocycles. The molecular weight excluding hydrogens is 174 g/mol. The van der Waals surface area contributed by atoms with Gasteiger partial charge in [0, 0.05) is 31.3 Å². The molecule has 2 aromatic heterocycles. The molecule has 3 heteroatoms. The summed E-state index contributed by atoms with van der Waals surface area (Å²) in [5, 5.41) is 0. The minimum absolute atomic E-state index is 1.03. The molecule has 0 aliphatic heterocycles. The van der Waals surface area contributed by atoms with E-state index >= 15 is 0 Å². The first-order valence-corrected chi connectivity index (χ1v) is 4.80. The highest BCUT2D eigenvalue weighted by Gasteiger charge is 1.93. The van der Waals surface area contributed by atoms with Gasteiger partial charge in [-0.3, -0.25) is 4.98 Å². The van der Waals surface area contributed by atoms with Crippen molar-refractivity contribution in [1.82, 2.24) is 14.5 Å². The van der Waals surface area contributed by atoms with Crippen LogP contribution >= 0.6 is 0 Å². The second-order valence-corrected chi connectivity index (χ2v) is 3.26. The monoisotopic (exact) mass is 187 g/mol. The number of imidazole rings is 1. The zero-order chi connectivity index (χ0) is 9.64. The van der Waals surface area contributed by atoms with E-state index in [1.807, 2.05) is 31.1 Å². The standard InChI is InChI=1S/C11H13N3/c1(8-14-9-7-13-10-14)2-11-3-5-12-6-4-11/h3-7,9-10H,1-2,8H2. The fraction of sp³-hybridized carbons (Fsp3) is 0.273. The maximum atomic E-state index is 4.00. The lowest BCUT2D eigenvalue weighted by atomic mass is 10.1. The number of rotatable bonds is 4. The second-order valence-electron chi connectivity index (χ2n) is 3.26. The fourth-order valence-electron chi connectivity index (χ4n) is 1.43. The van der Waals surface area contributed by atoms with Crippen molar-refractivity contribution in [3.05, 3.63) is 48.8 Å². The normalized spacial score (nSPS) is 10.3. The Morgan fingerprint density at radius 1 is 1.07 bits per heavy atom. The van der Waals surface area contributed by atoms with E-state index in [9.17, 15) is 0 Å². The quantitative estimate of drug-likeness (QED) is 0.732. The van der Waals surface area contributed by atoms with Crippen LogP contribution in [0.5, 0.6) is 0 Å². The molecule has 0 fully saturated rings. The molecule has 0 atom stereocenters. The Balaban J connectivity index is 1.79. The molecule has 0 aliphatic rings. The fourth-order valence-corrected chi connectivity index (χ4v) is 1.43. The van der Waals surface area contributed by atoms with Gasteiger partial charge in [-0.05, 0) is 30.5 Å². The van der Waals surface area contributed by atoms with Crippen molar-refractivity contribution in [1.29, 1.82) is 0 Å². The van der Waals surface area contributed by atoms with E-state index in [1.54, 1.807) is 0 Å². The Morgan fingerprint density at radius 2 is 1.93 bits per heavy atom. The first-order valence-electron chi connectivity index (χ1n) is 4.80. The number of aryl methyl sites for hydroxylation is 2. The van der Waals surface area contributed by atoms with Crippen molar-refractivity contribution >= 4 is 0 Å². The highest BCUT2D eigenvalue weighted by Crippen LogP contribution is 2.02. The topological polar surface area (TPSA) is 30.7 Å². The minimum atomic E-state index is 1.03. The summed E-state index contributed by atoms with van der Waals surface area (Å²) in [4.78, 5) is 7.99. The molecule has 3 nitrogen and oxygen atoms in total. The summed E-state index contributed by atoms with van der Waals surface area (Å²) in [6.45, 7) is 1.03. The zero-order valence-corrected chi connectivity index (χ0v) is 8.00. The molecule has 0 radical (unpaired) electrons. The average molecular weight is 187 g/mol. The van der Waals surface area contributed by atoms with Crippen LogP contribution in [0.1, 0.15) is 12.0 Å². The summed E-state index contributed by atoms with van der Waals surface area (Å²) in [5.41, 5.74) is 1.35. The summed E-state index contributed by atoms with van der Waals surface area (Å²) < 4.78 is 2.10. The van der Waals surface area contributed by atoms with Crippen LogP contribution in [0.25, 0.3) is 0 Å². The molecule has 2 aromatic rings. The first kappa shape index (κ1) is 8.94. The Morgan fingerprint density at radius 3 is 2.64 bits per heavy atom. The Labute approximate surface area is 83.4 Å². The van der Waals surface area contributed by atoms with Crippen LogP contribution in [0.2, 0.25) is 0 Å². The van der Waals surface area contributed by atoms with Crippen LogP contribution < -0.4 is 0 Å². The molecule has 0 amide bonds. The van der Waals surface area contributed by atoms with E-state index in [0.29, 0.717) is 0 Å². The number of hydrogen-bond acceptors (Lipinski definition) is 2. The van der Waals surface area contributed by atoms with Crippen molar-refractivity contribution in [3.63, 3.8) is 0 Å². The van der Waals surface area contributed by atoms with Crippen molar-refractivity contribution in [3.8, 4) is 0 Å². The van der Waals surface area contributed by atoms with Gasteiger partial charge in [0.2, 0.25) is 0 Å². The highest BCUT2D eigenvalue weighted by atomic mass is 15.0. The molecule has 0 saturated heterocycles. The van der Waals surface area contributed by atoms with Gasteiger partial charge >= 0.3 is 0 Å².